The third-order valence-electron chi connectivity index (χ3n) is 4.30. The summed E-state index contributed by atoms with van der Waals surface area (Å²) in [6.45, 7) is 5.26. The zero-order chi connectivity index (χ0) is 21.6. The van der Waals surface area contributed by atoms with Gasteiger partial charge in [-0.05, 0) is 56.2 Å². The van der Waals surface area contributed by atoms with Crippen LogP contribution >= 0.6 is 0 Å². The average molecular weight is 394 g/mol. The zero-order valence-electron chi connectivity index (χ0n) is 16.6. The Hall–Kier alpha value is -3.79. The van der Waals surface area contributed by atoms with E-state index in [4.69, 9.17) is 14.6 Å². The Morgan fingerprint density at radius 3 is 2.52 bits per heavy atom. The number of ether oxygens (including phenoxy) is 2. The lowest BCUT2D eigenvalue weighted by Crippen LogP contribution is -2.23. The van der Waals surface area contributed by atoms with E-state index in [2.05, 4.69) is 5.32 Å². The number of carbonyl (C=O) groups excluding carboxylic acids is 1. The third kappa shape index (κ3) is 5.36. The van der Waals surface area contributed by atoms with Gasteiger partial charge < -0.3 is 19.9 Å². The van der Waals surface area contributed by atoms with Crippen molar-refractivity contribution in [3.8, 4) is 17.6 Å². The predicted molar refractivity (Wildman–Crippen MR) is 109 cm³/mol. The van der Waals surface area contributed by atoms with Crippen molar-refractivity contribution >= 4 is 23.6 Å². The summed E-state index contributed by atoms with van der Waals surface area (Å²) in [5.41, 5.74) is 2.86. The molecular weight excluding hydrogens is 372 g/mol. The molecular formula is C22H22N2O5. The van der Waals surface area contributed by atoms with Crippen molar-refractivity contribution < 1.29 is 24.2 Å². The van der Waals surface area contributed by atoms with Crippen LogP contribution in [0.3, 0.4) is 0 Å². The maximum absolute atomic E-state index is 12.6. The molecule has 0 saturated carbocycles. The average Bonchev–Trinajstić information content (AvgIpc) is 2.69. The molecule has 0 aromatic heterocycles. The first kappa shape index (κ1) is 21.5. The van der Waals surface area contributed by atoms with Gasteiger partial charge in [0.25, 0.3) is 5.91 Å². The van der Waals surface area contributed by atoms with E-state index in [1.165, 1.54) is 20.1 Å². The van der Waals surface area contributed by atoms with Gasteiger partial charge in [0.05, 0.1) is 7.11 Å². The number of para-hydroxylation sites is 1. The molecule has 2 N–H and O–H groups in total. The number of carbonyl (C=O) groups is 2. The van der Waals surface area contributed by atoms with E-state index in [0.717, 1.165) is 11.1 Å². The number of aryl methyl sites for hydroxylation is 2. The van der Waals surface area contributed by atoms with E-state index in [1.807, 2.05) is 32.0 Å². The highest BCUT2D eigenvalue weighted by Crippen LogP contribution is 2.33. The molecule has 0 fully saturated rings. The molecule has 0 aliphatic carbocycles. The number of amides is 1. The van der Waals surface area contributed by atoms with Gasteiger partial charge in [-0.25, -0.2) is 4.79 Å². The molecule has 0 bridgehead atoms. The van der Waals surface area contributed by atoms with Gasteiger partial charge in [0.15, 0.2) is 17.6 Å². The Morgan fingerprint density at radius 1 is 1.21 bits per heavy atom. The van der Waals surface area contributed by atoms with Gasteiger partial charge in [-0.15, -0.1) is 0 Å². The molecule has 0 radical (unpaired) electrons. The summed E-state index contributed by atoms with van der Waals surface area (Å²) in [5.74, 6) is -1.31. The van der Waals surface area contributed by atoms with Crippen molar-refractivity contribution in [2.75, 3.05) is 12.4 Å². The number of carboxylic acid groups (broad SMARTS) is 1. The highest BCUT2D eigenvalue weighted by molar-refractivity contribution is 6.10. The Bertz CT molecular complexity index is 1000. The quantitative estimate of drug-likeness (QED) is 0.547. The highest BCUT2D eigenvalue weighted by Gasteiger charge is 2.19. The maximum atomic E-state index is 12.6. The van der Waals surface area contributed by atoms with E-state index in [0.29, 0.717) is 17.0 Å². The van der Waals surface area contributed by atoms with Crippen LogP contribution in [0.1, 0.15) is 23.6 Å². The molecule has 29 heavy (non-hydrogen) atoms. The molecule has 7 nitrogen and oxygen atoms in total. The molecule has 0 aliphatic rings. The number of carboxylic acids is 1. The van der Waals surface area contributed by atoms with Crippen LogP contribution in [0.2, 0.25) is 0 Å². The van der Waals surface area contributed by atoms with Gasteiger partial charge in [0.1, 0.15) is 11.6 Å². The number of aliphatic carboxylic acids is 1. The van der Waals surface area contributed by atoms with Crippen LogP contribution in [0.4, 0.5) is 5.69 Å². The summed E-state index contributed by atoms with van der Waals surface area (Å²) >= 11 is 0. The monoisotopic (exact) mass is 394 g/mol. The number of hydrogen-bond donors (Lipinski definition) is 2. The summed E-state index contributed by atoms with van der Waals surface area (Å²) < 4.78 is 10.7. The molecule has 2 aromatic carbocycles. The van der Waals surface area contributed by atoms with E-state index < -0.39 is 18.0 Å². The zero-order valence-corrected chi connectivity index (χ0v) is 16.6. The van der Waals surface area contributed by atoms with Gasteiger partial charge in [-0.3, -0.25) is 4.79 Å². The van der Waals surface area contributed by atoms with Crippen LogP contribution in [-0.4, -0.2) is 30.2 Å². The lowest BCUT2D eigenvalue weighted by atomic mass is 10.1. The Morgan fingerprint density at radius 2 is 1.93 bits per heavy atom. The predicted octanol–water partition coefficient (Wildman–Crippen LogP) is 3.71. The van der Waals surface area contributed by atoms with Gasteiger partial charge in [0.2, 0.25) is 0 Å². The summed E-state index contributed by atoms with van der Waals surface area (Å²) in [5, 5.41) is 21.3. The Balaban J connectivity index is 2.38. The van der Waals surface area contributed by atoms with Gasteiger partial charge in [0, 0.05) is 11.3 Å². The lowest BCUT2D eigenvalue weighted by Gasteiger charge is -2.16. The van der Waals surface area contributed by atoms with E-state index in [-0.39, 0.29) is 11.3 Å². The summed E-state index contributed by atoms with van der Waals surface area (Å²) in [6, 6.07) is 12.2. The number of hydrogen-bond acceptors (Lipinski definition) is 5. The number of nitriles is 1. The first-order chi connectivity index (χ1) is 13.8. The van der Waals surface area contributed by atoms with E-state index in [1.54, 1.807) is 24.3 Å². The minimum atomic E-state index is -1.15. The molecule has 2 rings (SSSR count). The molecule has 7 heteroatoms. The Labute approximate surface area is 169 Å². The van der Waals surface area contributed by atoms with Gasteiger partial charge in [-0.2, -0.15) is 5.26 Å². The van der Waals surface area contributed by atoms with Gasteiger partial charge in [-0.1, -0.05) is 18.2 Å². The topological polar surface area (TPSA) is 109 Å². The van der Waals surface area contributed by atoms with Crippen molar-refractivity contribution in [2.45, 2.75) is 26.9 Å². The minimum Gasteiger partial charge on any atom is -0.493 e. The first-order valence-electron chi connectivity index (χ1n) is 8.83. The van der Waals surface area contributed by atoms with Crippen molar-refractivity contribution in [1.29, 1.82) is 5.26 Å². The summed E-state index contributed by atoms with van der Waals surface area (Å²) in [6.07, 6.45) is 0.191. The van der Waals surface area contributed by atoms with Crippen molar-refractivity contribution in [2.24, 2.45) is 0 Å². The number of benzene rings is 2. The largest absolute Gasteiger partial charge is 0.493 e. The molecule has 0 spiro atoms. The molecule has 1 amide bonds. The Kier molecular flexibility index (Phi) is 6.99. The fourth-order valence-electron chi connectivity index (χ4n) is 2.48. The number of methoxy groups -OCH3 is 1. The van der Waals surface area contributed by atoms with Crippen LogP contribution < -0.4 is 14.8 Å². The molecule has 0 unspecified atom stereocenters. The van der Waals surface area contributed by atoms with E-state index in [9.17, 15) is 14.9 Å². The molecule has 0 saturated heterocycles. The van der Waals surface area contributed by atoms with Crippen LogP contribution in [0.15, 0.2) is 42.0 Å². The smallest absolute Gasteiger partial charge is 0.344 e. The molecule has 150 valence electrons. The second-order valence-electron chi connectivity index (χ2n) is 6.40. The number of nitrogens with zero attached hydrogens (tertiary/aromatic N) is 1. The van der Waals surface area contributed by atoms with Crippen LogP contribution in [-0.2, 0) is 9.59 Å². The highest BCUT2D eigenvalue weighted by atomic mass is 16.5. The molecule has 1 atom stereocenters. The summed E-state index contributed by atoms with van der Waals surface area (Å²) in [4.78, 5) is 23.7. The third-order valence-corrected chi connectivity index (χ3v) is 4.30. The van der Waals surface area contributed by atoms with Gasteiger partial charge >= 0.3 is 5.97 Å². The van der Waals surface area contributed by atoms with Crippen LogP contribution in [0, 0.1) is 25.2 Å². The number of nitrogens with one attached hydrogen (secondary N) is 1. The standard InChI is InChI=1S/C22H22N2O5/c1-13-8-9-18(10-14(13)2)24-21(25)17(12-23)11-16-6-5-7-19(28-4)20(16)29-15(3)22(26)27/h5-11,15H,1-4H3,(H,24,25)(H,26,27)/b17-11-/t15-/m1/s1. The first-order valence-corrected chi connectivity index (χ1v) is 8.83. The number of rotatable bonds is 7. The second kappa shape index (κ2) is 9.42. The number of anilines is 1. The normalized spacial score (nSPS) is 11.9. The van der Waals surface area contributed by atoms with E-state index >= 15 is 0 Å². The minimum absolute atomic E-state index is 0.136. The van der Waals surface area contributed by atoms with Crippen molar-refractivity contribution in [3.05, 3.63) is 58.7 Å². The fraction of sp³-hybridized carbons (Fsp3) is 0.227. The molecule has 0 heterocycles. The molecule has 2 aromatic rings. The fourth-order valence-corrected chi connectivity index (χ4v) is 2.48. The van der Waals surface area contributed by atoms with Crippen molar-refractivity contribution in [1.82, 2.24) is 0 Å². The van der Waals surface area contributed by atoms with Crippen molar-refractivity contribution in [3.63, 3.8) is 0 Å². The molecule has 0 aliphatic heterocycles. The second-order valence-corrected chi connectivity index (χ2v) is 6.40. The van der Waals surface area contributed by atoms with Crippen LogP contribution in [0.5, 0.6) is 11.5 Å². The van der Waals surface area contributed by atoms with Crippen LogP contribution in [0.25, 0.3) is 6.08 Å². The summed E-state index contributed by atoms with van der Waals surface area (Å²) in [7, 11) is 1.42. The maximum Gasteiger partial charge on any atom is 0.344 e. The lowest BCUT2D eigenvalue weighted by molar-refractivity contribution is -0.144. The SMILES string of the molecule is COc1cccc(/C=C(/C#N)C(=O)Nc2ccc(C)c(C)c2)c1O[C@H](C)C(=O)O.